The molecule has 2 amide bonds. The van der Waals surface area contributed by atoms with Gasteiger partial charge in [-0.3, -0.25) is 9.59 Å². The number of nitrogens with one attached hydrogen (secondary N) is 2. The Morgan fingerprint density at radius 3 is 1.70 bits per heavy atom. The van der Waals surface area contributed by atoms with Crippen molar-refractivity contribution in [1.29, 1.82) is 0 Å². The highest BCUT2D eigenvalue weighted by Gasteiger charge is 2.11. The molecule has 0 bridgehead atoms. The van der Waals surface area contributed by atoms with E-state index in [1.165, 1.54) is 48.5 Å². The predicted octanol–water partition coefficient (Wildman–Crippen LogP) is 4.94. The van der Waals surface area contributed by atoms with Crippen LogP contribution in [0.15, 0.2) is 72.8 Å². The summed E-state index contributed by atoms with van der Waals surface area (Å²) in [4.78, 5) is 47.8. The third kappa shape index (κ3) is 8.39. The Hall–Kier alpha value is -4.86. The second-order valence-corrected chi connectivity index (χ2v) is 7.46. The lowest BCUT2D eigenvalue weighted by molar-refractivity contribution is 0.0949. The third-order valence-corrected chi connectivity index (χ3v) is 4.80. The quantitative estimate of drug-likeness (QED) is 0.308. The van der Waals surface area contributed by atoms with Gasteiger partial charge >= 0.3 is 12.3 Å². The third-order valence-electron chi connectivity index (χ3n) is 4.80. The minimum Gasteiger partial charge on any atom is -0.434 e. The highest BCUT2D eigenvalue weighted by Crippen LogP contribution is 2.17. The molecule has 0 radical (unpaired) electrons. The van der Waals surface area contributed by atoms with Crippen LogP contribution in [-0.4, -0.2) is 37.3 Å². The molecule has 0 saturated carbocycles. The molecule has 3 aromatic carbocycles. The maximum absolute atomic E-state index is 12.6. The zero-order valence-corrected chi connectivity index (χ0v) is 20.3. The number of benzene rings is 3. The maximum Gasteiger partial charge on any atom is 0.513 e. The van der Waals surface area contributed by atoms with Gasteiger partial charge in [0.1, 0.15) is 11.5 Å². The molecular weight excluding hydrogens is 480 g/mol. The van der Waals surface area contributed by atoms with Crippen LogP contribution >= 0.6 is 0 Å². The average molecular weight is 507 g/mol. The first-order valence-corrected chi connectivity index (χ1v) is 11.5. The van der Waals surface area contributed by atoms with Crippen molar-refractivity contribution in [2.75, 3.05) is 18.5 Å². The summed E-state index contributed by atoms with van der Waals surface area (Å²) in [7, 11) is 0. The number of carbonyl (C=O) groups excluding carboxylic acids is 4. The largest absolute Gasteiger partial charge is 0.513 e. The fraction of sp³-hybridized carbons (Fsp3) is 0.185. The molecule has 0 aromatic heterocycles. The summed E-state index contributed by atoms with van der Waals surface area (Å²) in [5, 5.41) is 5.60. The summed E-state index contributed by atoms with van der Waals surface area (Å²) < 4.78 is 19.4. The summed E-state index contributed by atoms with van der Waals surface area (Å²) in [6.07, 6.45) is -1.63. The molecular formula is C27H26N2O8. The van der Waals surface area contributed by atoms with Crippen LogP contribution in [0, 0.1) is 0 Å². The van der Waals surface area contributed by atoms with Crippen LogP contribution in [0.5, 0.6) is 11.5 Å². The van der Waals surface area contributed by atoms with E-state index in [2.05, 4.69) is 10.6 Å². The number of amides is 2. The number of anilines is 1. The molecule has 0 aliphatic carbocycles. The van der Waals surface area contributed by atoms with Crippen LogP contribution in [0.2, 0.25) is 0 Å². The van der Waals surface area contributed by atoms with E-state index in [1.54, 1.807) is 32.0 Å². The Labute approximate surface area is 213 Å². The van der Waals surface area contributed by atoms with E-state index in [9.17, 15) is 19.2 Å². The minimum absolute atomic E-state index is 0.198. The highest BCUT2D eigenvalue weighted by atomic mass is 16.7. The first-order valence-electron chi connectivity index (χ1n) is 11.5. The Balaban J connectivity index is 1.53. The predicted molar refractivity (Wildman–Crippen MR) is 134 cm³/mol. The first-order chi connectivity index (χ1) is 17.9. The Morgan fingerprint density at radius 1 is 0.676 bits per heavy atom. The summed E-state index contributed by atoms with van der Waals surface area (Å²) in [6, 6.07) is 19.1. The van der Waals surface area contributed by atoms with Gasteiger partial charge in [-0.2, -0.15) is 0 Å². The van der Waals surface area contributed by atoms with Crippen molar-refractivity contribution >= 4 is 29.8 Å². The molecule has 37 heavy (non-hydrogen) atoms. The highest BCUT2D eigenvalue weighted by molar-refractivity contribution is 6.04. The van der Waals surface area contributed by atoms with Crippen molar-refractivity contribution in [3.8, 4) is 11.5 Å². The molecule has 10 nitrogen and oxygen atoms in total. The van der Waals surface area contributed by atoms with E-state index >= 15 is 0 Å². The molecule has 0 unspecified atom stereocenters. The molecule has 2 N–H and O–H groups in total. The van der Waals surface area contributed by atoms with Gasteiger partial charge in [0, 0.05) is 23.4 Å². The summed E-state index contributed by atoms with van der Waals surface area (Å²) >= 11 is 0. The SMILES string of the molecule is CCOC(=O)Oc1ccc(C(=O)NCc2cccc(NC(=O)c3ccc(OC(=O)OCC)cc3)c2)cc1. The van der Waals surface area contributed by atoms with E-state index in [1.807, 2.05) is 6.07 Å². The lowest BCUT2D eigenvalue weighted by Crippen LogP contribution is -2.22. The van der Waals surface area contributed by atoms with E-state index in [0.717, 1.165) is 5.56 Å². The Kier molecular flexibility index (Phi) is 9.60. The lowest BCUT2D eigenvalue weighted by atomic mass is 10.1. The molecule has 3 rings (SSSR count). The van der Waals surface area contributed by atoms with Gasteiger partial charge in [-0.15, -0.1) is 0 Å². The monoisotopic (exact) mass is 506 g/mol. The van der Waals surface area contributed by atoms with Crippen LogP contribution in [0.3, 0.4) is 0 Å². The number of carbonyl (C=O) groups is 4. The van der Waals surface area contributed by atoms with E-state index in [-0.39, 0.29) is 43.1 Å². The second kappa shape index (κ2) is 13.3. The van der Waals surface area contributed by atoms with Crippen LogP contribution in [0.1, 0.15) is 40.1 Å². The van der Waals surface area contributed by atoms with Crippen molar-refractivity contribution < 1.29 is 38.1 Å². The van der Waals surface area contributed by atoms with Gasteiger partial charge in [-0.25, -0.2) is 9.59 Å². The van der Waals surface area contributed by atoms with Gasteiger partial charge < -0.3 is 29.6 Å². The number of hydrogen-bond donors (Lipinski definition) is 2. The molecule has 3 aromatic rings. The fourth-order valence-corrected chi connectivity index (χ4v) is 3.08. The molecule has 0 saturated heterocycles. The number of ether oxygens (including phenoxy) is 4. The molecule has 0 spiro atoms. The number of hydrogen-bond acceptors (Lipinski definition) is 8. The van der Waals surface area contributed by atoms with E-state index in [0.29, 0.717) is 16.8 Å². The fourth-order valence-electron chi connectivity index (χ4n) is 3.08. The molecule has 0 atom stereocenters. The van der Waals surface area contributed by atoms with E-state index < -0.39 is 12.3 Å². The second-order valence-electron chi connectivity index (χ2n) is 7.46. The average Bonchev–Trinajstić information content (AvgIpc) is 2.88. The van der Waals surface area contributed by atoms with Crippen molar-refractivity contribution in [2.24, 2.45) is 0 Å². The molecule has 0 aliphatic rings. The van der Waals surface area contributed by atoms with Crippen molar-refractivity contribution in [3.05, 3.63) is 89.5 Å². The van der Waals surface area contributed by atoms with Gasteiger partial charge in [-0.05, 0) is 80.1 Å². The summed E-state index contributed by atoms with van der Waals surface area (Å²) in [6.45, 7) is 3.96. The van der Waals surface area contributed by atoms with Gasteiger partial charge in [0.15, 0.2) is 0 Å². The standard InChI is InChI=1S/C27H26N2O8/c1-3-34-26(32)36-22-12-8-19(9-13-22)24(30)28-17-18-6-5-7-21(16-18)29-25(31)20-10-14-23(15-11-20)37-27(33)35-4-2/h5-16H,3-4,17H2,1-2H3,(H,28,30)(H,29,31). The lowest BCUT2D eigenvalue weighted by Gasteiger charge is -2.10. The van der Waals surface area contributed by atoms with E-state index in [4.69, 9.17) is 18.9 Å². The van der Waals surface area contributed by atoms with Crippen molar-refractivity contribution in [2.45, 2.75) is 20.4 Å². The zero-order valence-electron chi connectivity index (χ0n) is 20.3. The van der Waals surface area contributed by atoms with Crippen LogP contribution in [0.4, 0.5) is 15.3 Å². The first kappa shape index (κ1) is 26.7. The molecule has 0 heterocycles. The Morgan fingerprint density at radius 2 is 1.19 bits per heavy atom. The van der Waals surface area contributed by atoms with Crippen LogP contribution < -0.4 is 20.1 Å². The summed E-state index contributed by atoms with van der Waals surface area (Å²) in [5.41, 5.74) is 2.07. The van der Waals surface area contributed by atoms with Crippen LogP contribution in [-0.2, 0) is 16.0 Å². The van der Waals surface area contributed by atoms with Gasteiger partial charge in [-0.1, -0.05) is 12.1 Å². The van der Waals surface area contributed by atoms with Gasteiger partial charge in [0.05, 0.1) is 13.2 Å². The van der Waals surface area contributed by atoms with Crippen molar-refractivity contribution in [3.63, 3.8) is 0 Å². The smallest absolute Gasteiger partial charge is 0.434 e. The topological polar surface area (TPSA) is 129 Å². The molecule has 0 aliphatic heterocycles. The molecule has 10 heteroatoms. The normalized spacial score (nSPS) is 10.1. The molecule has 192 valence electrons. The Bertz CT molecular complexity index is 1240. The van der Waals surface area contributed by atoms with Crippen LogP contribution in [0.25, 0.3) is 0 Å². The summed E-state index contributed by atoms with van der Waals surface area (Å²) in [5.74, 6) is -0.148. The van der Waals surface area contributed by atoms with Gasteiger partial charge in [0.2, 0.25) is 0 Å². The van der Waals surface area contributed by atoms with Gasteiger partial charge in [0.25, 0.3) is 11.8 Å². The zero-order chi connectivity index (χ0) is 26.6. The van der Waals surface area contributed by atoms with Crippen molar-refractivity contribution in [1.82, 2.24) is 5.32 Å². The minimum atomic E-state index is -0.816. The number of rotatable bonds is 9. The molecule has 0 fully saturated rings. The maximum atomic E-state index is 12.6.